The highest BCUT2D eigenvalue weighted by Crippen LogP contribution is 2.25. The summed E-state index contributed by atoms with van der Waals surface area (Å²) < 4.78 is 10.2. The smallest absolute Gasteiger partial charge is 0.232 e. The van der Waals surface area contributed by atoms with Gasteiger partial charge in [-0.15, -0.1) is 11.8 Å². The molecular weight excluding hydrogens is 338 g/mol. The number of hydrogen-bond acceptors (Lipinski definition) is 6. The molecule has 25 heavy (non-hydrogen) atoms. The summed E-state index contributed by atoms with van der Waals surface area (Å²) in [4.78, 5) is 19.7. The normalized spacial score (nSPS) is 15.4. The molecule has 1 fully saturated rings. The van der Waals surface area contributed by atoms with Crippen LogP contribution in [0.15, 0.2) is 33.7 Å². The molecule has 3 rings (SSSR count). The van der Waals surface area contributed by atoms with Crippen molar-refractivity contribution in [2.75, 3.05) is 26.0 Å². The third kappa shape index (κ3) is 4.98. The molecule has 7 heteroatoms. The summed E-state index contributed by atoms with van der Waals surface area (Å²) in [5.41, 5.74) is 0. The average Bonchev–Trinajstić information content (AvgIpc) is 3.05. The molecule has 1 aromatic carbocycles. The summed E-state index contributed by atoms with van der Waals surface area (Å²) in [6.07, 6.45) is 2.81. The molecule has 1 aliphatic rings. The number of benzene rings is 1. The van der Waals surface area contributed by atoms with Gasteiger partial charge in [-0.25, -0.2) is 0 Å². The lowest BCUT2D eigenvalue weighted by Crippen LogP contribution is -2.39. The van der Waals surface area contributed by atoms with E-state index in [0.717, 1.165) is 48.8 Å². The van der Waals surface area contributed by atoms with Gasteiger partial charge in [0.25, 0.3) is 0 Å². The van der Waals surface area contributed by atoms with Gasteiger partial charge in [-0.05, 0) is 37.0 Å². The fourth-order valence-corrected chi connectivity index (χ4v) is 3.84. The van der Waals surface area contributed by atoms with Gasteiger partial charge in [-0.2, -0.15) is 4.98 Å². The maximum atomic E-state index is 12.4. The molecule has 0 bridgehead atoms. The van der Waals surface area contributed by atoms with Crippen LogP contribution in [-0.2, 0) is 11.2 Å². The lowest BCUT2D eigenvalue weighted by molar-refractivity contribution is -0.129. The van der Waals surface area contributed by atoms with Gasteiger partial charge in [0.2, 0.25) is 11.8 Å². The summed E-state index contributed by atoms with van der Waals surface area (Å²) in [5, 5.41) is 3.96. The molecule has 2 aromatic rings. The van der Waals surface area contributed by atoms with Crippen LogP contribution in [0.25, 0.3) is 0 Å². The molecule has 0 atom stereocenters. The lowest BCUT2D eigenvalue weighted by atomic mass is 9.93. The summed E-state index contributed by atoms with van der Waals surface area (Å²) in [6, 6.07) is 7.80. The van der Waals surface area contributed by atoms with Crippen LogP contribution in [-0.4, -0.2) is 46.9 Å². The number of rotatable bonds is 6. The molecule has 2 heterocycles. The van der Waals surface area contributed by atoms with Gasteiger partial charge in [0.15, 0.2) is 5.82 Å². The van der Waals surface area contributed by atoms with Crippen LogP contribution in [0.2, 0.25) is 0 Å². The monoisotopic (exact) mass is 361 g/mol. The molecular formula is C18H23N3O3S. The van der Waals surface area contributed by atoms with Crippen molar-refractivity contribution in [3.05, 3.63) is 36.0 Å². The Morgan fingerprint density at radius 2 is 2.20 bits per heavy atom. The molecule has 1 aliphatic heterocycles. The van der Waals surface area contributed by atoms with E-state index in [1.165, 1.54) is 0 Å². The summed E-state index contributed by atoms with van der Waals surface area (Å²) in [7, 11) is 1.65. The molecule has 1 amide bonds. The molecule has 0 unspecified atom stereocenters. The number of methoxy groups -OCH3 is 1. The largest absolute Gasteiger partial charge is 0.497 e. The molecule has 0 radical (unpaired) electrons. The third-order valence-corrected chi connectivity index (χ3v) is 5.39. The number of nitrogens with zero attached hydrogens (tertiary/aromatic N) is 3. The standard InChI is InChI=1S/C18H23N3O3S/c1-13-19-17(20-24-13)10-14-6-8-21(9-7-14)18(22)12-25-16-5-3-4-15(11-16)23-2/h3-5,11,14H,6-10,12H2,1-2H3. The maximum absolute atomic E-state index is 12.4. The summed E-state index contributed by atoms with van der Waals surface area (Å²) in [5.74, 6) is 3.37. The van der Waals surface area contributed by atoms with Crippen molar-refractivity contribution < 1.29 is 14.1 Å². The van der Waals surface area contributed by atoms with E-state index in [2.05, 4.69) is 10.1 Å². The molecule has 0 spiro atoms. The Hall–Kier alpha value is -2.02. The number of carbonyl (C=O) groups is 1. The Bertz CT molecular complexity index is 711. The fourth-order valence-electron chi connectivity index (χ4n) is 3.00. The van der Waals surface area contributed by atoms with Crippen molar-refractivity contribution in [2.45, 2.75) is 31.1 Å². The van der Waals surface area contributed by atoms with Gasteiger partial charge in [0, 0.05) is 31.3 Å². The quantitative estimate of drug-likeness (QED) is 0.737. The maximum Gasteiger partial charge on any atom is 0.232 e. The van der Waals surface area contributed by atoms with Crippen LogP contribution in [0.3, 0.4) is 0 Å². The number of thioether (sulfide) groups is 1. The van der Waals surface area contributed by atoms with Gasteiger partial charge in [-0.1, -0.05) is 11.2 Å². The van der Waals surface area contributed by atoms with Crippen molar-refractivity contribution in [1.29, 1.82) is 0 Å². The SMILES string of the molecule is COc1cccc(SCC(=O)N2CCC(Cc3noc(C)n3)CC2)c1. The van der Waals surface area contributed by atoms with Crippen LogP contribution >= 0.6 is 11.8 Å². The first kappa shape index (κ1) is 17.8. The van der Waals surface area contributed by atoms with Gasteiger partial charge in [0.05, 0.1) is 12.9 Å². The number of likely N-dealkylation sites (tertiary alicyclic amines) is 1. The van der Waals surface area contributed by atoms with Gasteiger partial charge >= 0.3 is 0 Å². The van der Waals surface area contributed by atoms with Gasteiger partial charge < -0.3 is 14.2 Å². The van der Waals surface area contributed by atoms with Crippen molar-refractivity contribution in [1.82, 2.24) is 15.0 Å². The van der Waals surface area contributed by atoms with Crippen LogP contribution in [0.1, 0.15) is 24.6 Å². The number of carbonyl (C=O) groups excluding carboxylic acids is 1. The number of aromatic nitrogens is 2. The Morgan fingerprint density at radius 1 is 1.40 bits per heavy atom. The minimum absolute atomic E-state index is 0.196. The first-order chi connectivity index (χ1) is 12.1. The predicted molar refractivity (Wildman–Crippen MR) is 95.8 cm³/mol. The fraction of sp³-hybridized carbons (Fsp3) is 0.500. The van der Waals surface area contributed by atoms with Crippen molar-refractivity contribution in [3.63, 3.8) is 0 Å². The number of piperidine rings is 1. The van der Waals surface area contributed by atoms with Gasteiger partial charge in [0.1, 0.15) is 5.75 Å². The Morgan fingerprint density at radius 3 is 2.88 bits per heavy atom. The zero-order valence-corrected chi connectivity index (χ0v) is 15.4. The number of amides is 1. The van der Waals surface area contributed by atoms with E-state index in [9.17, 15) is 4.79 Å². The first-order valence-corrected chi connectivity index (χ1v) is 9.46. The molecule has 0 saturated carbocycles. The zero-order chi connectivity index (χ0) is 17.6. The molecule has 1 aromatic heterocycles. The third-order valence-electron chi connectivity index (χ3n) is 4.41. The number of hydrogen-bond donors (Lipinski definition) is 0. The second-order valence-corrected chi connectivity index (χ2v) is 7.27. The average molecular weight is 361 g/mol. The van der Waals surface area contributed by atoms with Crippen LogP contribution in [0, 0.1) is 12.8 Å². The molecule has 134 valence electrons. The van der Waals surface area contributed by atoms with Crippen LogP contribution in [0.4, 0.5) is 0 Å². The second-order valence-electron chi connectivity index (χ2n) is 6.23. The minimum Gasteiger partial charge on any atom is -0.497 e. The van der Waals surface area contributed by atoms with Crippen molar-refractivity contribution in [2.24, 2.45) is 5.92 Å². The van der Waals surface area contributed by atoms with Crippen molar-refractivity contribution in [3.8, 4) is 5.75 Å². The summed E-state index contributed by atoms with van der Waals surface area (Å²) in [6.45, 7) is 3.41. The second kappa shape index (κ2) is 8.38. The topological polar surface area (TPSA) is 68.5 Å². The van der Waals surface area contributed by atoms with E-state index in [-0.39, 0.29) is 5.91 Å². The van der Waals surface area contributed by atoms with E-state index in [0.29, 0.717) is 17.6 Å². The van der Waals surface area contributed by atoms with Gasteiger partial charge in [-0.3, -0.25) is 4.79 Å². The molecule has 0 N–H and O–H groups in total. The number of ether oxygens (including phenoxy) is 1. The van der Waals surface area contributed by atoms with Crippen molar-refractivity contribution >= 4 is 17.7 Å². The Balaban J connectivity index is 1.43. The van der Waals surface area contributed by atoms with Crippen LogP contribution in [0.5, 0.6) is 5.75 Å². The van der Waals surface area contributed by atoms with E-state index in [1.807, 2.05) is 29.2 Å². The Labute approximate surface area is 151 Å². The summed E-state index contributed by atoms with van der Waals surface area (Å²) >= 11 is 1.55. The molecule has 1 saturated heterocycles. The highest BCUT2D eigenvalue weighted by molar-refractivity contribution is 8.00. The predicted octanol–water partition coefficient (Wildman–Crippen LogP) is 2.96. The van der Waals surface area contributed by atoms with Crippen LogP contribution < -0.4 is 4.74 Å². The van der Waals surface area contributed by atoms with E-state index < -0.39 is 0 Å². The Kier molecular flexibility index (Phi) is 5.96. The lowest BCUT2D eigenvalue weighted by Gasteiger charge is -2.31. The van der Waals surface area contributed by atoms with E-state index in [4.69, 9.17) is 9.26 Å². The number of aryl methyl sites for hydroxylation is 1. The van der Waals surface area contributed by atoms with E-state index in [1.54, 1.807) is 25.8 Å². The highest BCUT2D eigenvalue weighted by atomic mass is 32.2. The van der Waals surface area contributed by atoms with E-state index >= 15 is 0 Å². The highest BCUT2D eigenvalue weighted by Gasteiger charge is 2.24. The minimum atomic E-state index is 0.196. The molecule has 0 aliphatic carbocycles. The zero-order valence-electron chi connectivity index (χ0n) is 14.6. The first-order valence-electron chi connectivity index (χ1n) is 8.48. The molecule has 6 nitrogen and oxygen atoms in total.